The summed E-state index contributed by atoms with van der Waals surface area (Å²) < 4.78 is 0. The van der Waals surface area contributed by atoms with Crippen molar-refractivity contribution < 1.29 is 9.59 Å². The third kappa shape index (κ3) is 3.60. The Labute approximate surface area is 153 Å². The molecule has 26 heavy (non-hydrogen) atoms. The highest BCUT2D eigenvalue weighted by Gasteiger charge is 2.17. The first-order valence-corrected chi connectivity index (χ1v) is 8.95. The second-order valence-electron chi connectivity index (χ2n) is 5.89. The number of carbonyl (C=O) groups is 2. The number of anilines is 1. The lowest BCUT2D eigenvalue weighted by atomic mass is 10.1. The van der Waals surface area contributed by atoms with Crippen LogP contribution in [0.4, 0.5) is 5.69 Å². The summed E-state index contributed by atoms with van der Waals surface area (Å²) in [5, 5.41) is 8.23. The van der Waals surface area contributed by atoms with E-state index in [0.717, 1.165) is 16.8 Å². The number of rotatable bonds is 5. The van der Waals surface area contributed by atoms with Crippen LogP contribution in [-0.4, -0.2) is 26.8 Å². The van der Waals surface area contributed by atoms with Crippen molar-refractivity contribution in [2.24, 2.45) is 0 Å². The van der Waals surface area contributed by atoms with Crippen LogP contribution in [0.1, 0.15) is 16.8 Å². The first kappa shape index (κ1) is 16.3. The number of amides is 2. The van der Waals surface area contributed by atoms with Crippen LogP contribution in [0, 0.1) is 0 Å². The van der Waals surface area contributed by atoms with Crippen LogP contribution in [0.2, 0.25) is 0 Å². The molecule has 1 aliphatic rings. The molecule has 2 aromatic heterocycles. The zero-order valence-electron chi connectivity index (χ0n) is 13.7. The van der Waals surface area contributed by atoms with Gasteiger partial charge in [0.1, 0.15) is 0 Å². The van der Waals surface area contributed by atoms with Gasteiger partial charge >= 0.3 is 0 Å². The van der Waals surface area contributed by atoms with Crippen molar-refractivity contribution in [1.82, 2.24) is 20.3 Å². The van der Waals surface area contributed by atoms with Gasteiger partial charge in [-0.1, -0.05) is 12.1 Å². The number of fused-ring (bicyclic) bond motifs is 1. The van der Waals surface area contributed by atoms with Gasteiger partial charge in [0, 0.05) is 30.0 Å². The number of hydrogen-bond acceptors (Lipinski definition) is 6. The van der Waals surface area contributed by atoms with Gasteiger partial charge in [0.25, 0.3) is 0 Å². The summed E-state index contributed by atoms with van der Waals surface area (Å²) in [7, 11) is 0. The molecular weight excluding hydrogens is 350 g/mol. The normalized spacial score (nSPS) is 12.5. The van der Waals surface area contributed by atoms with Crippen LogP contribution in [0.5, 0.6) is 0 Å². The van der Waals surface area contributed by atoms with Crippen LogP contribution < -0.4 is 10.6 Å². The molecule has 2 amide bonds. The largest absolute Gasteiger partial charge is 0.352 e. The Morgan fingerprint density at radius 1 is 1.27 bits per heavy atom. The molecule has 0 saturated carbocycles. The summed E-state index contributed by atoms with van der Waals surface area (Å²) in [4.78, 5) is 36.3. The SMILES string of the molecule is O=C(Cc1csc(-c2ncccn2)n1)NCc1ccc2c(c1)CC(=O)N2. The maximum absolute atomic E-state index is 12.2. The lowest BCUT2D eigenvalue weighted by molar-refractivity contribution is -0.120. The number of carbonyl (C=O) groups excluding carboxylic acids is 2. The second-order valence-corrected chi connectivity index (χ2v) is 6.74. The number of benzene rings is 1. The van der Waals surface area contributed by atoms with Crippen molar-refractivity contribution in [1.29, 1.82) is 0 Å². The van der Waals surface area contributed by atoms with Crippen LogP contribution in [-0.2, 0) is 29.0 Å². The molecule has 1 aliphatic heterocycles. The smallest absolute Gasteiger partial charge is 0.228 e. The molecule has 0 radical (unpaired) electrons. The molecule has 4 rings (SSSR count). The molecule has 0 fully saturated rings. The van der Waals surface area contributed by atoms with Crippen LogP contribution in [0.3, 0.4) is 0 Å². The molecule has 130 valence electrons. The minimum Gasteiger partial charge on any atom is -0.352 e. The van der Waals surface area contributed by atoms with Crippen LogP contribution >= 0.6 is 11.3 Å². The van der Waals surface area contributed by atoms with Gasteiger partial charge in [-0.05, 0) is 23.3 Å². The molecule has 1 aromatic carbocycles. The first-order chi connectivity index (χ1) is 12.7. The quantitative estimate of drug-likeness (QED) is 0.720. The number of aromatic nitrogens is 3. The summed E-state index contributed by atoms with van der Waals surface area (Å²) in [5.41, 5.74) is 3.47. The van der Waals surface area contributed by atoms with Gasteiger partial charge < -0.3 is 10.6 Å². The van der Waals surface area contributed by atoms with Crippen LogP contribution in [0.15, 0.2) is 42.0 Å². The van der Waals surface area contributed by atoms with Gasteiger partial charge in [0.15, 0.2) is 10.8 Å². The minimum atomic E-state index is -0.106. The molecule has 7 nitrogen and oxygen atoms in total. The van der Waals surface area contributed by atoms with Gasteiger partial charge in [-0.25, -0.2) is 15.0 Å². The third-order valence-corrected chi connectivity index (χ3v) is 4.82. The van der Waals surface area contributed by atoms with Crippen molar-refractivity contribution in [3.05, 3.63) is 58.9 Å². The van der Waals surface area contributed by atoms with E-state index in [4.69, 9.17) is 0 Å². The average molecular weight is 365 g/mol. The lowest BCUT2D eigenvalue weighted by Gasteiger charge is -2.06. The summed E-state index contributed by atoms with van der Waals surface area (Å²) in [6, 6.07) is 7.46. The fourth-order valence-corrected chi connectivity index (χ4v) is 3.49. The summed E-state index contributed by atoms with van der Waals surface area (Å²) in [5.74, 6) is 0.457. The predicted molar refractivity (Wildman–Crippen MR) is 97.5 cm³/mol. The summed E-state index contributed by atoms with van der Waals surface area (Å²) in [6.45, 7) is 0.416. The fourth-order valence-electron chi connectivity index (χ4n) is 2.72. The molecular formula is C18H15N5O2S. The number of nitrogens with one attached hydrogen (secondary N) is 2. The van der Waals surface area contributed by atoms with E-state index in [0.29, 0.717) is 29.5 Å². The highest BCUT2D eigenvalue weighted by atomic mass is 32.1. The highest BCUT2D eigenvalue weighted by molar-refractivity contribution is 7.13. The van der Waals surface area contributed by atoms with E-state index in [1.54, 1.807) is 18.5 Å². The lowest BCUT2D eigenvalue weighted by Crippen LogP contribution is -2.24. The maximum atomic E-state index is 12.2. The maximum Gasteiger partial charge on any atom is 0.228 e. The Bertz CT molecular complexity index is 971. The summed E-state index contributed by atoms with van der Waals surface area (Å²) in [6.07, 6.45) is 3.92. The standard InChI is InChI=1S/C18H15N5O2S/c24-15(8-13-10-26-18(22-13)17-19-4-1-5-20-17)21-9-11-2-3-14-12(6-11)7-16(25)23-14/h1-6,10H,7-9H2,(H,21,24)(H,23,25). The second kappa shape index (κ2) is 7.01. The van der Waals surface area contributed by atoms with Gasteiger partial charge in [-0.15, -0.1) is 11.3 Å². The zero-order chi connectivity index (χ0) is 17.9. The van der Waals surface area contributed by atoms with E-state index in [9.17, 15) is 9.59 Å². The number of hydrogen-bond donors (Lipinski definition) is 2. The number of nitrogens with zero attached hydrogens (tertiary/aromatic N) is 3. The Hall–Kier alpha value is -3.13. The Kier molecular flexibility index (Phi) is 4.40. The van der Waals surface area contributed by atoms with Crippen molar-refractivity contribution in [3.8, 4) is 10.8 Å². The third-order valence-electron chi connectivity index (χ3n) is 3.93. The van der Waals surface area contributed by atoms with Crippen molar-refractivity contribution in [2.45, 2.75) is 19.4 Å². The van der Waals surface area contributed by atoms with Gasteiger partial charge in [0.05, 0.1) is 18.5 Å². The monoisotopic (exact) mass is 365 g/mol. The molecule has 3 aromatic rings. The van der Waals surface area contributed by atoms with E-state index in [2.05, 4.69) is 25.6 Å². The first-order valence-electron chi connectivity index (χ1n) is 8.07. The molecule has 2 N–H and O–H groups in total. The van der Waals surface area contributed by atoms with E-state index < -0.39 is 0 Å². The van der Waals surface area contributed by atoms with Gasteiger partial charge in [-0.3, -0.25) is 9.59 Å². The number of thiazole rings is 1. The predicted octanol–water partition coefficient (Wildman–Crippen LogP) is 1.95. The highest BCUT2D eigenvalue weighted by Crippen LogP contribution is 2.24. The minimum absolute atomic E-state index is 0.00270. The molecule has 0 spiro atoms. The Balaban J connectivity index is 1.34. The van der Waals surface area contributed by atoms with E-state index >= 15 is 0 Å². The van der Waals surface area contributed by atoms with Crippen molar-refractivity contribution in [2.75, 3.05) is 5.32 Å². The molecule has 0 saturated heterocycles. The van der Waals surface area contributed by atoms with Crippen molar-refractivity contribution in [3.63, 3.8) is 0 Å². The zero-order valence-corrected chi connectivity index (χ0v) is 14.5. The fraction of sp³-hybridized carbons (Fsp3) is 0.167. The van der Waals surface area contributed by atoms with Crippen molar-refractivity contribution >= 4 is 28.8 Å². The molecule has 0 bridgehead atoms. The van der Waals surface area contributed by atoms with E-state index in [1.807, 2.05) is 23.6 Å². The Morgan fingerprint density at radius 3 is 2.96 bits per heavy atom. The topological polar surface area (TPSA) is 96.9 Å². The van der Waals surface area contributed by atoms with Gasteiger partial charge in [0.2, 0.25) is 11.8 Å². The van der Waals surface area contributed by atoms with E-state index in [1.165, 1.54) is 11.3 Å². The molecule has 0 atom stereocenters. The van der Waals surface area contributed by atoms with Gasteiger partial charge in [-0.2, -0.15) is 0 Å². The molecule has 0 unspecified atom stereocenters. The Morgan fingerprint density at radius 2 is 2.12 bits per heavy atom. The molecule has 8 heteroatoms. The average Bonchev–Trinajstić information content (AvgIpc) is 3.26. The summed E-state index contributed by atoms with van der Waals surface area (Å²) >= 11 is 1.42. The van der Waals surface area contributed by atoms with E-state index in [-0.39, 0.29) is 18.2 Å². The molecule has 0 aliphatic carbocycles. The van der Waals surface area contributed by atoms with Crippen LogP contribution in [0.25, 0.3) is 10.8 Å². The molecule has 3 heterocycles.